The number of amides is 1. The standard InChI is InChI=1S/C30H49NO6/c1-19(6-9-26(35)31-28(2,3)16-32)22-7-8-23-27-24(11-13-30(22,23)5)29(4)12-10-21(36-17-33)14-20(29)15-25(27)37-18-34/h17-25,27,32H,6-16H2,1-5H3,(H,31,35)/t19-,20+,21-,22-,23+,24+,25+,27+,29+,30-/m1/s1. The molecule has 0 radical (unpaired) electrons. The first-order valence-corrected chi connectivity index (χ1v) is 14.6. The average Bonchev–Trinajstić information content (AvgIpc) is 3.20. The van der Waals surface area contributed by atoms with Crippen LogP contribution in [0.2, 0.25) is 0 Å². The molecular formula is C30H49NO6. The normalized spacial score (nSPS) is 41.9. The van der Waals surface area contributed by atoms with Gasteiger partial charge in [0.05, 0.1) is 12.1 Å². The minimum Gasteiger partial charge on any atom is -0.465 e. The molecule has 0 aromatic heterocycles. The third-order valence-electron chi connectivity index (χ3n) is 11.5. The van der Waals surface area contributed by atoms with Gasteiger partial charge in [-0.3, -0.25) is 14.4 Å². The molecule has 37 heavy (non-hydrogen) atoms. The van der Waals surface area contributed by atoms with Crippen LogP contribution >= 0.6 is 0 Å². The highest BCUT2D eigenvalue weighted by Crippen LogP contribution is 2.68. The van der Waals surface area contributed by atoms with Gasteiger partial charge in [0.25, 0.3) is 12.9 Å². The fourth-order valence-electron chi connectivity index (χ4n) is 9.59. The molecule has 4 aliphatic carbocycles. The molecule has 7 heteroatoms. The van der Waals surface area contributed by atoms with E-state index in [-0.39, 0.29) is 35.6 Å². The minimum atomic E-state index is -0.593. The van der Waals surface area contributed by atoms with Crippen LogP contribution in [0.25, 0.3) is 0 Å². The second-order valence-electron chi connectivity index (χ2n) is 14.0. The summed E-state index contributed by atoms with van der Waals surface area (Å²) >= 11 is 0. The number of ether oxygens (including phenoxy) is 2. The lowest BCUT2D eigenvalue weighted by atomic mass is 9.43. The number of carbonyl (C=O) groups is 3. The number of hydrogen-bond donors (Lipinski definition) is 2. The zero-order chi connectivity index (χ0) is 27.0. The van der Waals surface area contributed by atoms with E-state index in [2.05, 4.69) is 26.1 Å². The SMILES string of the molecule is C[C@H](CCC(=O)NC(C)(C)CO)[C@H]1CC[C@H]2[C@@H]3[C@@H](OC=O)C[C@@H]4C[C@H](OC=O)CC[C@]4(C)[C@H]3CC[C@]12C. The van der Waals surface area contributed by atoms with Gasteiger partial charge in [-0.05, 0) is 112 Å². The van der Waals surface area contributed by atoms with E-state index in [0.29, 0.717) is 54.9 Å². The van der Waals surface area contributed by atoms with E-state index in [1.807, 2.05) is 13.8 Å². The molecule has 2 N–H and O–H groups in total. The Morgan fingerprint density at radius 1 is 1.03 bits per heavy atom. The summed E-state index contributed by atoms with van der Waals surface area (Å²) in [7, 11) is 0. The maximum atomic E-state index is 12.5. The lowest BCUT2D eigenvalue weighted by Gasteiger charge is -2.62. The lowest BCUT2D eigenvalue weighted by Crippen LogP contribution is -2.59. The van der Waals surface area contributed by atoms with Crippen LogP contribution in [0.1, 0.15) is 98.8 Å². The summed E-state index contributed by atoms with van der Waals surface area (Å²) in [5.74, 6) is 2.81. The number of carbonyl (C=O) groups excluding carboxylic acids is 3. The van der Waals surface area contributed by atoms with Gasteiger partial charge in [0, 0.05) is 12.3 Å². The Kier molecular flexibility index (Phi) is 8.33. The predicted octanol–water partition coefficient (Wildman–Crippen LogP) is 4.64. The lowest BCUT2D eigenvalue weighted by molar-refractivity contribution is -0.190. The molecule has 0 heterocycles. The Balaban J connectivity index is 1.48. The van der Waals surface area contributed by atoms with Crippen molar-refractivity contribution in [3.63, 3.8) is 0 Å². The van der Waals surface area contributed by atoms with E-state index in [0.717, 1.165) is 44.9 Å². The number of rotatable bonds is 10. The Bertz CT molecular complexity index is 846. The topological polar surface area (TPSA) is 102 Å². The second kappa shape index (κ2) is 10.9. The number of nitrogens with one attached hydrogen (secondary N) is 1. The van der Waals surface area contributed by atoms with Gasteiger partial charge in [0.1, 0.15) is 12.2 Å². The second-order valence-corrected chi connectivity index (χ2v) is 14.0. The largest absolute Gasteiger partial charge is 0.465 e. The first kappa shape index (κ1) is 28.4. The molecule has 1 amide bonds. The van der Waals surface area contributed by atoms with Gasteiger partial charge in [-0.1, -0.05) is 20.8 Å². The van der Waals surface area contributed by atoms with E-state index in [1.165, 1.54) is 12.8 Å². The third kappa shape index (κ3) is 5.31. The number of aliphatic hydroxyl groups is 1. The zero-order valence-corrected chi connectivity index (χ0v) is 23.5. The molecular weight excluding hydrogens is 470 g/mol. The molecule has 0 bridgehead atoms. The summed E-state index contributed by atoms with van der Waals surface area (Å²) in [4.78, 5) is 35.1. The van der Waals surface area contributed by atoms with Gasteiger partial charge in [-0.15, -0.1) is 0 Å². The molecule has 0 saturated heterocycles. The van der Waals surface area contributed by atoms with Gasteiger partial charge < -0.3 is 19.9 Å². The predicted molar refractivity (Wildman–Crippen MR) is 140 cm³/mol. The van der Waals surface area contributed by atoms with Gasteiger partial charge in [-0.2, -0.15) is 0 Å². The Morgan fingerprint density at radius 3 is 2.38 bits per heavy atom. The van der Waals surface area contributed by atoms with Crippen LogP contribution in [0.3, 0.4) is 0 Å². The highest BCUT2D eigenvalue weighted by molar-refractivity contribution is 5.76. The van der Waals surface area contributed by atoms with E-state index >= 15 is 0 Å². The van der Waals surface area contributed by atoms with Crippen molar-refractivity contribution in [1.29, 1.82) is 0 Å². The molecule has 10 atom stereocenters. The molecule has 4 rings (SSSR count). The first-order chi connectivity index (χ1) is 17.5. The van der Waals surface area contributed by atoms with Gasteiger partial charge in [-0.25, -0.2) is 0 Å². The first-order valence-electron chi connectivity index (χ1n) is 14.6. The molecule has 0 spiro atoms. The number of aliphatic hydroxyl groups excluding tert-OH is 1. The van der Waals surface area contributed by atoms with Gasteiger partial charge in [0.15, 0.2) is 0 Å². The Morgan fingerprint density at radius 2 is 1.70 bits per heavy atom. The van der Waals surface area contributed by atoms with E-state index in [1.54, 1.807) is 0 Å². The maximum absolute atomic E-state index is 12.5. The summed E-state index contributed by atoms with van der Waals surface area (Å²) in [5, 5.41) is 12.4. The van der Waals surface area contributed by atoms with Crippen molar-refractivity contribution >= 4 is 18.9 Å². The van der Waals surface area contributed by atoms with Crippen molar-refractivity contribution in [3.05, 3.63) is 0 Å². The fourth-order valence-corrected chi connectivity index (χ4v) is 9.59. The summed E-state index contributed by atoms with van der Waals surface area (Å²) < 4.78 is 11.2. The van der Waals surface area contributed by atoms with Crippen LogP contribution < -0.4 is 5.32 Å². The molecule has 0 aromatic rings. The monoisotopic (exact) mass is 519 g/mol. The minimum absolute atomic E-state index is 0.00849. The summed E-state index contributed by atoms with van der Waals surface area (Å²) in [6.07, 6.45) is 9.62. The van der Waals surface area contributed by atoms with Crippen LogP contribution in [-0.4, -0.2) is 48.3 Å². The van der Waals surface area contributed by atoms with Crippen LogP contribution in [0, 0.1) is 46.3 Å². The molecule has 0 aromatic carbocycles. The van der Waals surface area contributed by atoms with Crippen LogP contribution in [0.5, 0.6) is 0 Å². The highest BCUT2D eigenvalue weighted by atomic mass is 16.5. The molecule has 0 unspecified atom stereocenters. The summed E-state index contributed by atoms with van der Waals surface area (Å²) in [6.45, 7) is 12.1. The Hall–Kier alpha value is -1.63. The van der Waals surface area contributed by atoms with Crippen molar-refractivity contribution in [2.24, 2.45) is 46.3 Å². The van der Waals surface area contributed by atoms with Gasteiger partial charge >= 0.3 is 0 Å². The molecule has 0 aliphatic heterocycles. The number of fused-ring (bicyclic) bond motifs is 5. The molecule has 4 saturated carbocycles. The van der Waals surface area contributed by atoms with Crippen molar-refractivity contribution < 1.29 is 29.0 Å². The third-order valence-corrected chi connectivity index (χ3v) is 11.5. The summed E-state index contributed by atoms with van der Waals surface area (Å²) in [5.41, 5.74) is -0.212. The van der Waals surface area contributed by atoms with Gasteiger partial charge in [0.2, 0.25) is 5.91 Å². The number of hydrogen-bond acceptors (Lipinski definition) is 6. The van der Waals surface area contributed by atoms with Crippen LogP contribution in [0.15, 0.2) is 0 Å². The van der Waals surface area contributed by atoms with E-state index in [9.17, 15) is 19.5 Å². The molecule has 4 fully saturated rings. The highest BCUT2D eigenvalue weighted by Gasteiger charge is 2.63. The van der Waals surface area contributed by atoms with E-state index < -0.39 is 5.54 Å². The van der Waals surface area contributed by atoms with Crippen LogP contribution in [0.4, 0.5) is 0 Å². The molecule has 210 valence electrons. The quantitative estimate of drug-likeness (QED) is 0.408. The maximum Gasteiger partial charge on any atom is 0.293 e. The molecule has 4 aliphatic rings. The Labute approximate surface area is 222 Å². The zero-order valence-electron chi connectivity index (χ0n) is 23.5. The van der Waals surface area contributed by atoms with Crippen molar-refractivity contribution in [2.75, 3.05) is 6.61 Å². The average molecular weight is 520 g/mol. The van der Waals surface area contributed by atoms with Crippen molar-refractivity contribution in [1.82, 2.24) is 5.32 Å². The van der Waals surface area contributed by atoms with Crippen LogP contribution in [-0.2, 0) is 23.9 Å². The van der Waals surface area contributed by atoms with E-state index in [4.69, 9.17) is 9.47 Å². The summed E-state index contributed by atoms with van der Waals surface area (Å²) in [6, 6.07) is 0. The smallest absolute Gasteiger partial charge is 0.293 e. The molecule has 7 nitrogen and oxygen atoms in total. The fraction of sp³-hybridized carbons (Fsp3) is 0.900. The van der Waals surface area contributed by atoms with Crippen molar-refractivity contribution in [2.45, 2.75) is 117 Å². The van der Waals surface area contributed by atoms with Crippen molar-refractivity contribution in [3.8, 4) is 0 Å².